The molecule has 1 amide bonds. The number of rotatable bonds is 5. The summed E-state index contributed by atoms with van der Waals surface area (Å²) in [5, 5.41) is 3.01. The quantitative estimate of drug-likeness (QED) is 0.781. The molecule has 0 aliphatic carbocycles. The molecule has 20 heavy (non-hydrogen) atoms. The Morgan fingerprint density at radius 1 is 1.20 bits per heavy atom. The molecule has 116 valence electrons. The van der Waals surface area contributed by atoms with E-state index in [4.69, 9.17) is 4.74 Å². The monoisotopic (exact) mass is 284 g/mol. The molecule has 0 radical (unpaired) electrons. The number of nitrogens with zero attached hydrogens (tertiary/aromatic N) is 1. The molecule has 1 aliphatic heterocycles. The molecule has 0 bridgehead atoms. The first kappa shape index (κ1) is 17.0. The molecule has 5 heteroatoms. The normalized spacial score (nSPS) is 17.8. The summed E-state index contributed by atoms with van der Waals surface area (Å²) in [5.41, 5.74) is 0.193. The Bertz CT molecular complexity index is 329. The van der Waals surface area contributed by atoms with Gasteiger partial charge in [0.15, 0.2) is 0 Å². The lowest BCUT2D eigenvalue weighted by molar-refractivity contribution is -0.144. The molecule has 1 heterocycles. The molecular formula is C15H28N2O3. The summed E-state index contributed by atoms with van der Waals surface area (Å²) >= 11 is 0. The Balaban J connectivity index is 2.23. The molecule has 0 spiro atoms. The minimum atomic E-state index is -0.301. The van der Waals surface area contributed by atoms with Crippen LogP contribution in [0.2, 0.25) is 0 Å². The van der Waals surface area contributed by atoms with Gasteiger partial charge in [0.1, 0.15) is 0 Å². The van der Waals surface area contributed by atoms with Crippen LogP contribution in [0.15, 0.2) is 0 Å². The minimum Gasteiger partial charge on any atom is -0.466 e. The Morgan fingerprint density at radius 2 is 1.80 bits per heavy atom. The smallest absolute Gasteiger partial charge is 0.306 e. The van der Waals surface area contributed by atoms with Crippen molar-refractivity contribution in [3.63, 3.8) is 0 Å². The first-order chi connectivity index (χ1) is 9.32. The summed E-state index contributed by atoms with van der Waals surface area (Å²) in [6, 6.07) is 0.239. The van der Waals surface area contributed by atoms with E-state index in [0.29, 0.717) is 6.61 Å². The molecule has 5 nitrogen and oxygen atoms in total. The van der Waals surface area contributed by atoms with Crippen LogP contribution < -0.4 is 5.32 Å². The summed E-state index contributed by atoms with van der Waals surface area (Å²) in [6.07, 6.45) is 2.34. The molecule has 0 aromatic carbocycles. The minimum absolute atomic E-state index is 0.0488. The van der Waals surface area contributed by atoms with Gasteiger partial charge in [-0.15, -0.1) is 0 Å². The molecule has 1 rings (SSSR count). The van der Waals surface area contributed by atoms with Crippen molar-refractivity contribution in [1.29, 1.82) is 0 Å². The molecule has 1 aliphatic rings. The molecule has 0 unspecified atom stereocenters. The maximum absolute atomic E-state index is 11.8. The van der Waals surface area contributed by atoms with Crippen molar-refractivity contribution < 1.29 is 14.3 Å². The first-order valence-electron chi connectivity index (χ1n) is 7.53. The van der Waals surface area contributed by atoms with Crippen LogP contribution in [0, 0.1) is 0 Å². The van der Waals surface area contributed by atoms with Crippen LogP contribution >= 0.6 is 0 Å². The van der Waals surface area contributed by atoms with E-state index in [1.54, 1.807) is 6.92 Å². The van der Waals surface area contributed by atoms with E-state index in [2.05, 4.69) is 31.0 Å². The average Bonchev–Trinajstić information content (AvgIpc) is 2.36. The maximum Gasteiger partial charge on any atom is 0.306 e. The van der Waals surface area contributed by atoms with Gasteiger partial charge in [0, 0.05) is 31.1 Å². The Kier molecular flexibility index (Phi) is 6.46. The number of ether oxygens (including phenoxy) is 1. The van der Waals surface area contributed by atoms with Gasteiger partial charge in [0.05, 0.1) is 13.0 Å². The fourth-order valence-corrected chi connectivity index (χ4v) is 2.44. The summed E-state index contributed by atoms with van der Waals surface area (Å²) in [5.74, 6) is -0.350. The average molecular weight is 284 g/mol. The number of piperidine rings is 1. The summed E-state index contributed by atoms with van der Waals surface area (Å²) < 4.78 is 4.81. The van der Waals surface area contributed by atoms with E-state index in [0.717, 1.165) is 25.9 Å². The zero-order valence-electron chi connectivity index (χ0n) is 13.2. The first-order valence-corrected chi connectivity index (χ1v) is 7.53. The molecule has 1 N–H and O–H groups in total. The third-order valence-electron chi connectivity index (χ3n) is 3.67. The predicted molar refractivity (Wildman–Crippen MR) is 78.4 cm³/mol. The van der Waals surface area contributed by atoms with E-state index in [-0.39, 0.29) is 36.3 Å². The maximum atomic E-state index is 11.8. The van der Waals surface area contributed by atoms with Crippen molar-refractivity contribution in [3.05, 3.63) is 0 Å². The highest BCUT2D eigenvalue weighted by molar-refractivity contribution is 5.81. The van der Waals surface area contributed by atoms with Crippen LogP contribution in [-0.4, -0.2) is 48.1 Å². The Hall–Kier alpha value is -1.10. The van der Waals surface area contributed by atoms with E-state index in [1.165, 1.54) is 0 Å². The van der Waals surface area contributed by atoms with Gasteiger partial charge in [0.25, 0.3) is 0 Å². The molecular weight excluding hydrogens is 256 g/mol. The van der Waals surface area contributed by atoms with Gasteiger partial charge in [-0.25, -0.2) is 0 Å². The van der Waals surface area contributed by atoms with E-state index < -0.39 is 0 Å². The summed E-state index contributed by atoms with van der Waals surface area (Å²) in [6.45, 7) is 10.8. The lowest BCUT2D eigenvalue weighted by Crippen LogP contribution is -2.50. The van der Waals surface area contributed by atoms with Gasteiger partial charge in [0.2, 0.25) is 5.91 Å². The lowest BCUT2D eigenvalue weighted by atomic mass is 9.98. The number of likely N-dealkylation sites (tertiary alicyclic amines) is 1. The fourth-order valence-electron chi connectivity index (χ4n) is 2.44. The zero-order chi connectivity index (χ0) is 15.2. The number of hydrogen-bond acceptors (Lipinski definition) is 4. The number of carbonyl (C=O) groups excluding carboxylic acids is 2. The fraction of sp³-hybridized carbons (Fsp3) is 0.867. The van der Waals surface area contributed by atoms with Crippen molar-refractivity contribution in [2.24, 2.45) is 0 Å². The molecule has 0 aromatic rings. The third-order valence-corrected chi connectivity index (χ3v) is 3.67. The molecule has 0 atom stereocenters. The van der Waals surface area contributed by atoms with E-state index >= 15 is 0 Å². The van der Waals surface area contributed by atoms with Crippen LogP contribution in [0.5, 0.6) is 0 Å². The number of nitrogens with one attached hydrogen (secondary N) is 1. The van der Waals surface area contributed by atoms with Crippen LogP contribution in [0.4, 0.5) is 0 Å². The van der Waals surface area contributed by atoms with Gasteiger partial charge in [-0.3, -0.25) is 14.5 Å². The standard InChI is InChI=1S/C15H28N2O3/c1-5-20-14(19)7-6-13(18)16-12-8-10-17(11-9-12)15(2,3)4/h12H,5-11H2,1-4H3,(H,16,18). The second-order valence-electron chi connectivity index (χ2n) is 6.30. The largest absolute Gasteiger partial charge is 0.466 e. The zero-order valence-corrected chi connectivity index (χ0v) is 13.2. The van der Waals surface area contributed by atoms with Crippen molar-refractivity contribution in [2.45, 2.75) is 65.0 Å². The van der Waals surface area contributed by atoms with Crippen molar-refractivity contribution in [3.8, 4) is 0 Å². The van der Waals surface area contributed by atoms with Crippen molar-refractivity contribution in [1.82, 2.24) is 10.2 Å². The van der Waals surface area contributed by atoms with E-state index in [1.807, 2.05) is 0 Å². The Labute approximate surface area is 122 Å². The van der Waals surface area contributed by atoms with Gasteiger partial charge >= 0.3 is 5.97 Å². The predicted octanol–water partition coefficient (Wildman–Crippen LogP) is 1.71. The van der Waals surface area contributed by atoms with Crippen LogP contribution in [0.3, 0.4) is 0 Å². The Morgan fingerprint density at radius 3 is 2.30 bits per heavy atom. The van der Waals surface area contributed by atoms with Gasteiger partial charge < -0.3 is 10.1 Å². The SMILES string of the molecule is CCOC(=O)CCC(=O)NC1CCN(C(C)(C)C)CC1. The van der Waals surface area contributed by atoms with Gasteiger partial charge in [-0.2, -0.15) is 0 Å². The lowest BCUT2D eigenvalue weighted by Gasteiger charge is -2.41. The van der Waals surface area contributed by atoms with Crippen LogP contribution in [-0.2, 0) is 14.3 Å². The number of carbonyl (C=O) groups is 2. The summed E-state index contributed by atoms with van der Waals surface area (Å²) in [4.78, 5) is 25.4. The third kappa shape index (κ3) is 5.90. The summed E-state index contributed by atoms with van der Waals surface area (Å²) in [7, 11) is 0. The highest BCUT2D eigenvalue weighted by Gasteiger charge is 2.27. The molecule has 0 saturated carbocycles. The van der Waals surface area contributed by atoms with Gasteiger partial charge in [-0.05, 0) is 40.5 Å². The highest BCUT2D eigenvalue weighted by Crippen LogP contribution is 2.20. The molecule has 1 fully saturated rings. The molecule has 0 aromatic heterocycles. The topological polar surface area (TPSA) is 58.6 Å². The number of amides is 1. The number of esters is 1. The van der Waals surface area contributed by atoms with Crippen molar-refractivity contribution >= 4 is 11.9 Å². The second kappa shape index (κ2) is 7.62. The van der Waals surface area contributed by atoms with Crippen LogP contribution in [0.1, 0.15) is 53.4 Å². The van der Waals surface area contributed by atoms with Crippen LogP contribution in [0.25, 0.3) is 0 Å². The second-order valence-corrected chi connectivity index (χ2v) is 6.30. The van der Waals surface area contributed by atoms with Gasteiger partial charge in [-0.1, -0.05) is 0 Å². The molecule has 1 saturated heterocycles. The van der Waals surface area contributed by atoms with E-state index in [9.17, 15) is 9.59 Å². The highest BCUT2D eigenvalue weighted by atomic mass is 16.5. The number of hydrogen-bond donors (Lipinski definition) is 1. The van der Waals surface area contributed by atoms with Crippen molar-refractivity contribution in [2.75, 3.05) is 19.7 Å².